The lowest BCUT2D eigenvalue weighted by Crippen LogP contribution is -2.37. The largest absolute Gasteiger partial charge is 0.463 e. The number of aliphatic imine (C=N–C) groups is 1. The number of nitrogens with zero attached hydrogens (tertiary/aromatic N) is 2. The van der Waals surface area contributed by atoms with Crippen molar-refractivity contribution in [3.63, 3.8) is 0 Å². The normalized spacial score (nSPS) is 18.8. The molecule has 10 nitrogen and oxygen atoms in total. The van der Waals surface area contributed by atoms with E-state index in [1.54, 1.807) is 19.9 Å². The first-order valence-electron chi connectivity index (χ1n) is 8.87. The molecule has 0 bridgehead atoms. The molecule has 1 heterocycles. The van der Waals surface area contributed by atoms with Gasteiger partial charge in [-0.1, -0.05) is 12.1 Å². The van der Waals surface area contributed by atoms with Gasteiger partial charge in [-0.05, 0) is 19.4 Å². The third-order valence-electron chi connectivity index (χ3n) is 4.40. The highest BCUT2D eigenvalue weighted by Gasteiger charge is 2.42. The van der Waals surface area contributed by atoms with Crippen molar-refractivity contribution in [2.75, 3.05) is 26.4 Å². The molecule has 2 unspecified atom stereocenters. The standard InChI is InChI=1S/C19H22N2O8/c1-11-15(18(24)28-8-6-22)17(13-4-3-5-14(10-13)21(26)27)16(12(2)20-11)19(25)29-9-7-23/h3-5,10,15,17,22-23H,6-9H2,1-2H3. The Bertz CT molecular complexity index is 862. The second-order valence-corrected chi connectivity index (χ2v) is 6.31. The van der Waals surface area contributed by atoms with Gasteiger partial charge < -0.3 is 19.7 Å². The average Bonchev–Trinajstić information content (AvgIpc) is 2.69. The zero-order valence-corrected chi connectivity index (χ0v) is 16.0. The van der Waals surface area contributed by atoms with Crippen molar-refractivity contribution in [1.29, 1.82) is 0 Å². The molecule has 156 valence electrons. The van der Waals surface area contributed by atoms with E-state index in [1.165, 1.54) is 18.2 Å². The van der Waals surface area contributed by atoms with E-state index in [4.69, 9.17) is 19.7 Å². The van der Waals surface area contributed by atoms with Crippen molar-refractivity contribution in [2.45, 2.75) is 19.8 Å². The van der Waals surface area contributed by atoms with Gasteiger partial charge in [0.15, 0.2) is 0 Å². The highest BCUT2D eigenvalue weighted by Crippen LogP contribution is 2.40. The van der Waals surface area contributed by atoms with Crippen LogP contribution < -0.4 is 0 Å². The first-order chi connectivity index (χ1) is 13.8. The molecular weight excluding hydrogens is 384 g/mol. The predicted molar refractivity (Wildman–Crippen MR) is 101 cm³/mol. The minimum absolute atomic E-state index is 0.0514. The summed E-state index contributed by atoms with van der Waals surface area (Å²) in [5, 5.41) is 29.1. The van der Waals surface area contributed by atoms with E-state index in [0.717, 1.165) is 0 Å². The van der Waals surface area contributed by atoms with Crippen LogP contribution in [0.15, 0.2) is 40.5 Å². The zero-order valence-electron chi connectivity index (χ0n) is 16.0. The van der Waals surface area contributed by atoms with Gasteiger partial charge in [0.2, 0.25) is 0 Å². The summed E-state index contributed by atoms with van der Waals surface area (Å²) in [5.41, 5.74) is 0.852. The zero-order chi connectivity index (χ0) is 21.6. The van der Waals surface area contributed by atoms with Crippen molar-refractivity contribution in [1.82, 2.24) is 0 Å². The Hall–Kier alpha value is -3.11. The molecule has 0 saturated heterocycles. The summed E-state index contributed by atoms with van der Waals surface area (Å²) in [7, 11) is 0. The minimum Gasteiger partial charge on any atom is -0.463 e. The minimum atomic E-state index is -1.04. The summed E-state index contributed by atoms with van der Waals surface area (Å²) in [6, 6.07) is 5.60. The molecule has 0 radical (unpaired) electrons. The van der Waals surface area contributed by atoms with E-state index >= 15 is 0 Å². The van der Waals surface area contributed by atoms with Gasteiger partial charge >= 0.3 is 11.9 Å². The van der Waals surface area contributed by atoms with Gasteiger partial charge in [0, 0.05) is 29.5 Å². The Morgan fingerprint density at radius 3 is 2.45 bits per heavy atom. The molecule has 1 aliphatic heterocycles. The van der Waals surface area contributed by atoms with E-state index < -0.39 is 28.7 Å². The van der Waals surface area contributed by atoms with Gasteiger partial charge in [0.1, 0.15) is 19.1 Å². The van der Waals surface area contributed by atoms with Crippen molar-refractivity contribution in [3.05, 3.63) is 51.2 Å². The highest BCUT2D eigenvalue weighted by molar-refractivity contribution is 6.07. The van der Waals surface area contributed by atoms with Crippen LogP contribution in [0.5, 0.6) is 0 Å². The fraction of sp³-hybridized carbons (Fsp3) is 0.421. The van der Waals surface area contributed by atoms with Crippen LogP contribution in [0.4, 0.5) is 5.69 Å². The van der Waals surface area contributed by atoms with Crippen molar-refractivity contribution in [3.8, 4) is 0 Å². The number of benzene rings is 1. The quantitative estimate of drug-likeness (QED) is 0.370. The van der Waals surface area contributed by atoms with Gasteiger partial charge in [-0.2, -0.15) is 0 Å². The number of hydrogen-bond acceptors (Lipinski definition) is 9. The number of carbonyl (C=O) groups is 2. The second-order valence-electron chi connectivity index (χ2n) is 6.31. The number of esters is 2. The molecule has 1 aromatic carbocycles. The maximum absolute atomic E-state index is 12.7. The Labute approximate surface area is 166 Å². The lowest BCUT2D eigenvalue weighted by molar-refractivity contribution is -0.384. The summed E-state index contributed by atoms with van der Waals surface area (Å²) in [6.07, 6.45) is 0. The van der Waals surface area contributed by atoms with Crippen LogP contribution in [0.2, 0.25) is 0 Å². The monoisotopic (exact) mass is 406 g/mol. The number of allylic oxidation sites excluding steroid dienone is 1. The SMILES string of the molecule is CC1=NC(C)=C(C(=O)OCCO)C(c2cccc([N+](=O)[O-])c2)C1C(=O)OCCO. The number of nitro groups is 1. The third-order valence-corrected chi connectivity index (χ3v) is 4.40. The third kappa shape index (κ3) is 5.04. The van der Waals surface area contributed by atoms with Crippen LogP contribution >= 0.6 is 0 Å². The number of aliphatic hydroxyl groups is 2. The van der Waals surface area contributed by atoms with Crippen molar-refractivity contribution in [2.24, 2.45) is 10.9 Å². The summed E-state index contributed by atoms with van der Waals surface area (Å²) in [4.78, 5) is 40.3. The molecule has 0 aromatic heterocycles. The molecule has 2 rings (SSSR count). The van der Waals surface area contributed by atoms with Crippen LogP contribution in [-0.2, 0) is 19.1 Å². The molecule has 10 heteroatoms. The van der Waals surface area contributed by atoms with Crippen molar-refractivity contribution < 1.29 is 34.2 Å². The smallest absolute Gasteiger partial charge is 0.336 e. The number of carbonyl (C=O) groups excluding carboxylic acids is 2. The van der Waals surface area contributed by atoms with Crippen LogP contribution in [-0.4, -0.2) is 59.2 Å². The number of rotatable bonds is 8. The maximum Gasteiger partial charge on any atom is 0.336 e. The summed E-state index contributed by atoms with van der Waals surface area (Å²) in [5.74, 6) is -3.49. The Morgan fingerprint density at radius 1 is 1.17 bits per heavy atom. The van der Waals surface area contributed by atoms with Crippen LogP contribution in [0.3, 0.4) is 0 Å². The fourth-order valence-electron chi connectivity index (χ4n) is 3.25. The average molecular weight is 406 g/mol. The molecule has 1 aliphatic rings. The molecule has 29 heavy (non-hydrogen) atoms. The molecule has 2 N–H and O–H groups in total. The molecule has 1 aromatic rings. The number of aliphatic hydroxyl groups excluding tert-OH is 2. The van der Waals surface area contributed by atoms with Crippen LogP contribution in [0.1, 0.15) is 25.3 Å². The van der Waals surface area contributed by atoms with Crippen LogP contribution in [0.25, 0.3) is 0 Å². The lowest BCUT2D eigenvalue weighted by atomic mass is 9.75. The van der Waals surface area contributed by atoms with Gasteiger partial charge in [0.05, 0.1) is 23.7 Å². The second kappa shape index (κ2) is 9.89. The highest BCUT2D eigenvalue weighted by atomic mass is 16.6. The fourth-order valence-corrected chi connectivity index (χ4v) is 3.25. The maximum atomic E-state index is 12.7. The van der Waals surface area contributed by atoms with Crippen molar-refractivity contribution >= 4 is 23.3 Å². The molecule has 0 spiro atoms. The molecule has 0 fully saturated rings. The number of non-ortho nitro benzene ring substituents is 1. The van der Waals surface area contributed by atoms with Crippen LogP contribution in [0, 0.1) is 16.0 Å². The molecular formula is C19H22N2O8. The van der Waals surface area contributed by atoms with Gasteiger partial charge in [-0.15, -0.1) is 0 Å². The first-order valence-corrected chi connectivity index (χ1v) is 8.87. The summed E-state index contributed by atoms with van der Waals surface area (Å²) >= 11 is 0. The van der Waals surface area contributed by atoms with E-state index in [-0.39, 0.29) is 37.7 Å². The first kappa shape index (κ1) is 22.2. The van der Waals surface area contributed by atoms with E-state index in [0.29, 0.717) is 17.0 Å². The molecule has 0 aliphatic carbocycles. The van der Waals surface area contributed by atoms with Gasteiger partial charge in [-0.25, -0.2) is 4.79 Å². The Balaban J connectivity index is 2.60. The topological polar surface area (TPSA) is 149 Å². The van der Waals surface area contributed by atoms with Gasteiger partial charge in [-0.3, -0.25) is 19.9 Å². The number of ether oxygens (including phenoxy) is 2. The predicted octanol–water partition coefficient (Wildman–Crippen LogP) is 1.11. The molecule has 0 amide bonds. The van der Waals surface area contributed by atoms with Gasteiger partial charge in [0.25, 0.3) is 5.69 Å². The number of hydrogen-bond donors (Lipinski definition) is 2. The Morgan fingerprint density at radius 2 is 1.83 bits per heavy atom. The Kier molecular flexibility index (Phi) is 7.57. The van der Waals surface area contributed by atoms with E-state index in [1.807, 2.05) is 0 Å². The lowest BCUT2D eigenvalue weighted by Gasteiger charge is -2.31. The summed E-state index contributed by atoms with van der Waals surface area (Å²) < 4.78 is 10.1. The van der Waals surface area contributed by atoms with E-state index in [2.05, 4.69) is 4.99 Å². The van der Waals surface area contributed by atoms with E-state index in [9.17, 15) is 19.7 Å². The molecule has 0 saturated carbocycles. The summed E-state index contributed by atoms with van der Waals surface area (Å²) in [6.45, 7) is 1.91. The molecule has 2 atom stereocenters. The number of nitro benzene ring substituents is 1.